The van der Waals surface area contributed by atoms with Gasteiger partial charge in [0.15, 0.2) is 0 Å². The second-order valence-electron chi connectivity index (χ2n) is 12.2. The second kappa shape index (κ2) is 11.0. The zero-order valence-corrected chi connectivity index (χ0v) is 24.0. The van der Waals surface area contributed by atoms with Gasteiger partial charge in [-0.2, -0.15) is 10.2 Å². The number of carbonyl (C=O) groups is 2. The smallest absolute Gasteiger partial charge is 0.410 e. The van der Waals surface area contributed by atoms with Crippen LogP contribution in [-0.4, -0.2) is 55.2 Å². The van der Waals surface area contributed by atoms with Crippen molar-refractivity contribution >= 4 is 17.8 Å². The first-order valence-electron chi connectivity index (χ1n) is 14.3. The summed E-state index contributed by atoms with van der Waals surface area (Å²) in [7, 11) is 0. The number of nitrogens with zero attached hydrogens (tertiary/aromatic N) is 5. The maximum Gasteiger partial charge on any atom is 0.410 e. The van der Waals surface area contributed by atoms with Crippen LogP contribution in [0.4, 0.5) is 10.6 Å². The van der Waals surface area contributed by atoms with Crippen LogP contribution < -0.4 is 11.5 Å². The molecule has 0 spiro atoms. The number of amides is 2. The Bertz CT molecular complexity index is 1390. The third kappa shape index (κ3) is 6.16. The summed E-state index contributed by atoms with van der Waals surface area (Å²) in [5.74, 6) is 0.361. The highest BCUT2D eigenvalue weighted by atomic mass is 16.6. The maximum atomic E-state index is 12.6. The van der Waals surface area contributed by atoms with E-state index in [0.29, 0.717) is 31.2 Å². The summed E-state index contributed by atoms with van der Waals surface area (Å²) < 4.78 is 9.20. The van der Waals surface area contributed by atoms with E-state index < -0.39 is 11.5 Å². The molecule has 1 saturated carbocycles. The molecule has 214 valence electrons. The van der Waals surface area contributed by atoms with Gasteiger partial charge in [-0.25, -0.2) is 9.48 Å². The first-order valence-corrected chi connectivity index (χ1v) is 14.3. The Morgan fingerprint density at radius 1 is 1.07 bits per heavy atom. The summed E-state index contributed by atoms with van der Waals surface area (Å²) in [5, 5.41) is 9.59. The lowest BCUT2D eigenvalue weighted by Gasteiger charge is -2.30. The van der Waals surface area contributed by atoms with Crippen LogP contribution in [0.25, 0.3) is 11.3 Å². The lowest BCUT2D eigenvalue weighted by molar-refractivity contribution is 0.0228. The minimum atomic E-state index is -0.607. The van der Waals surface area contributed by atoms with E-state index in [1.807, 2.05) is 38.6 Å². The van der Waals surface area contributed by atoms with Gasteiger partial charge in [0.1, 0.15) is 22.7 Å². The number of aromatic nitrogens is 4. The van der Waals surface area contributed by atoms with Crippen molar-refractivity contribution in [3.63, 3.8) is 0 Å². The van der Waals surface area contributed by atoms with Gasteiger partial charge in [0.25, 0.3) is 5.91 Å². The fraction of sp³-hybridized carbons (Fsp3) is 0.533. The zero-order chi connectivity index (χ0) is 28.6. The average Bonchev–Trinajstić information content (AvgIpc) is 3.56. The molecule has 4 N–H and O–H groups in total. The summed E-state index contributed by atoms with van der Waals surface area (Å²) in [6, 6.07) is 8.67. The Labute approximate surface area is 235 Å². The fourth-order valence-corrected chi connectivity index (χ4v) is 5.58. The second-order valence-corrected chi connectivity index (χ2v) is 12.2. The van der Waals surface area contributed by atoms with Gasteiger partial charge in [-0.3, -0.25) is 9.48 Å². The van der Waals surface area contributed by atoms with Crippen LogP contribution >= 0.6 is 0 Å². The van der Waals surface area contributed by atoms with Crippen molar-refractivity contribution < 1.29 is 14.3 Å². The zero-order valence-electron chi connectivity index (χ0n) is 24.0. The molecule has 0 atom stereocenters. The highest BCUT2D eigenvalue weighted by Gasteiger charge is 2.29. The van der Waals surface area contributed by atoms with Crippen LogP contribution in [0.1, 0.15) is 98.4 Å². The van der Waals surface area contributed by atoms with Gasteiger partial charge in [-0.1, -0.05) is 24.3 Å². The van der Waals surface area contributed by atoms with Crippen LogP contribution in [0.15, 0.2) is 30.5 Å². The molecular formula is C30H41N7O3. The number of primary amides is 1. The molecular weight excluding hydrogens is 506 g/mol. The third-order valence-corrected chi connectivity index (χ3v) is 7.67. The fourth-order valence-electron chi connectivity index (χ4n) is 5.58. The number of hydrogen-bond donors (Lipinski definition) is 2. The Kier molecular flexibility index (Phi) is 7.61. The number of anilines is 1. The quantitative estimate of drug-likeness (QED) is 0.445. The highest BCUT2D eigenvalue weighted by molar-refractivity contribution is 6.03. The first-order chi connectivity index (χ1) is 19.0. The standard InChI is InChI=1S/C30H41N7O3/c1-19-24(18-36(33-19)17-20-8-5-9-22(16-20)21-12-13-21)26-25(28(32)38)27(31)37(34-26)23-10-6-14-35(15-7-11-23)29(39)40-30(2,3)4/h5,8-9,16,18,21,23H,6-7,10-15,17,31H2,1-4H3,(H2,32,38). The van der Waals surface area contributed by atoms with Gasteiger partial charge in [0.2, 0.25) is 0 Å². The molecule has 0 bridgehead atoms. The minimum absolute atomic E-state index is 0.00634. The van der Waals surface area contributed by atoms with Crippen molar-refractivity contribution in [2.75, 3.05) is 18.8 Å². The van der Waals surface area contributed by atoms with Crippen LogP contribution in [0.3, 0.4) is 0 Å². The molecule has 1 saturated heterocycles. The molecule has 2 amide bonds. The number of aryl methyl sites for hydroxylation is 1. The van der Waals surface area contributed by atoms with Crippen molar-refractivity contribution in [2.45, 2.75) is 90.3 Å². The van der Waals surface area contributed by atoms with E-state index in [4.69, 9.17) is 26.4 Å². The summed E-state index contributed by atoms with van der Waals surface area (Å²) in [6.45, 7) is 9.34. The van der Waals surface area contributed by atoms with Gasteiger partial charge in [0, 0.05) is 24.8 Å². The summed E-state index contributed by atoms with van der Waals surface area (Å²) >= 11 is 0. The number of nitrogens with two attached hydrogens (primary N) is 2. The largest absolute Gasteiger partial charge is 0.444 e. The molecule has 1 aliphatic heterocycles. The van der Waals surface area contributed by atoms with Gasteiger partial charge < -0.3 is 21.1 Å². The minimum Gasteiger partial charge on any atom is -0.444 e. The Morgan fingerprint density at radius 2 is 1.77 bits per heavy atom. The molecule has 2 aliphatic rings. The number of likely N-dealkylation sites (tertiary alicyclic amines) is 1. The molecule has 40 heavy (non-hydrogen) atoms. The molecule has 5 rings (SSSR count). The van der Waals surface area contributed by atoms with Gasteiger partial charge in [-0.15, -0.1) is 0 Å². The van der Waals surface area contributed by atoms with E-state index in [0.717, 1.165) is 36.9 Å². The molecule has 1 aliphatic carbocycles. The molecule has 10 heteroatoms. The third-order valence-electron chi connectivity index (χ3n) is 7.67. The average molecular weight is 548 g/mol. The lowest BCUT2D eigenvalue weighted by atomic mass is 10.0. The van der Waals surface area contributed by atoms with E-state index in [2.05, 4.69) is 24.3 Å². The molecule has 0 radical (unpaired) electrons. The van der Waals surface area contributed by atoms with Crippen molar-refractivity contribution in [3.05, 3.63) is 52.8 Å². The number of nitrogen functional groups attached to an aromatic ring is 1. The molecule has 2 aromatic heterocycles. The molecule has 3 aromatic rings. The maximum absolute atomic E-state index is 12.6. The van der Waals surface area contributed by atoms with Crippen LogP contribution in [-0.2, 0) is 11.3 Å². The van der Waals surface area contributed by atoms with Gasteiger partial charge in [-0.05, 0) is 83.3 Å². The number of ether oxygens (including phenoxy) is 1. The number of carbonyl (C=O) groups excluding carboxylic acids is 2. The lowest BCUT2D eigenvalue weighted by Crippen LogP contribution is -2.39. The van der Waals surface area contributed by atoms with Crippen molar-refractivity contribution in [1.29, 1.82) is 0 Å². The first kappa shape index (κ1) is 27.7. The Hall–Kier alpha value is -3.82. The van der Waals surface area contributed by atoms with E-state index >= 15 is 0 Å². The number of benzene rings is 1. The van der Waals surface area contributed by atoms with Gasteiger partial charge in [0.05, 0.1) is 18.3 Å². The number of rotatable bonds is 6. The topological polar surface area (TPSA) is 134 Å². The Morgan fingerprint density at radius 3 is 2.40 bits per heavy atom. The van der Waals surface area contributed by atoms with E-state index in [1.54, 1.807) is 9.58 Å². The van der Waals surface area contributed by atoms with Crippen LogP contribution in [0, 0.1) is 6.92 Å². The van der Waals surface area contributed by atoms with E-state index in [1.165, 1.54) is 24.0 Å². The molecule has 3 heterocycles. The van der Waals surface area contributed by atoms with Crippen LogP contribution in [0.5, 0.6) is 0 Å². The van der Waals surface area contributed by atoms with Crippen molar-refractivity contribution in [3.8, 4) is 11.3 Å². The Balaban J connectivity index is 1.35. The predicted molar refractivity (Wildman–Crippen MR) is 154 cm³/mol. The van der Waals surface area contributed by atoms with E-state index in [9.17, 15) is 9.59 Å². The van der Waals surface area contributed by atoms with E-state index in [-0.39, 0.29) is 23.5 Å². The highest BCUT2D eigenvalue weighted by Crippen LogP contribution is 2.40. The van der Waals surface area contributed by atoms with Crippen LogP contribution in [0.2, 0.25) is 0 Å². The SMILES string of the molecule is Cc1nn(Cc2cccc(C3CC3)c2)cc1-c1nn(C2CCCN(C(=O)OC(C)(C)C)CCC2)c(N)c1C(N)=O. The normalized spacial score (nSPS) is 16.9. The molecule has 10 nitrogen and oxygen atoms in total. The van der Waals surface area contributed by atoms with Gasteiger partial charge >= 0.3 is 6.09 Å². The molecule has 1 aromatic carbocycles. The summed E-state index contributed by atoms with van der Waals surface area (Å²) in [5.41, 5.74) is 16.6. The monoisotopic (exact) mass is 547 g/mol. The van der Waals surface area contributed by atoms with Crippen molar-refractivity contribution in [2.24, 2.45) is 5.73 Å². The number of hydrogen-bond acceptors (Lipinski definition) is 6. The summed E-state index contributed by atoms with van der Waals surface area (Å²) in [6.07, 6.45) is 7.22. The van der Waals surface area contributed by atoms with Crippen molar-refractivity contribution in [1.82, 2.24) is 24.5 Å². The molecule has 0 unspecified atom stereocenters. The summed E-state index contributed by atoms with van der Waals surface area (Å²) in [4.78, 5) is 26.9. The molecule has 2 fully saturated rings. The predicted octanol–water partition coefficient (Wildman–Crippen LogP) is 5.01.